The van der Waals surface area contributed by atoms with Gasteiger partial charge in [-0.2, -0.15) is 0 Å². The number of hydrogen-bond acceptors (Lipinski definition) is 8. The maximum atomic E-state index is 8.33. The average Bonchev–Trinajstić information content (AvgIpc) is 2.31. The molecule has 0 saturated heterocycles. The maximum absolute atomic E-state index is 8.33. The molecule has 0 fully saturated rings. The third-order valence-electron chi connectivity index (χ3n) is 1.36. The molecular formula is C9H13CuN5O6. The molecule has 0 saturated carbocycles. The van der Waals surface area contributed by atoms with Crippen LogP contribution in [0.15, 0.2) is 36.9 Å². The van der Waals surface area contributed by atoms with Crippen molar-refractivity contribution >= 4 is 18.1 Å². The Morgan fingerprint density at radius 2 is 1.05 bits per heavy atom. The fraction of sp³-hybridized carbons (Fsp3) is 0. The molecule has 121 valence electrons. The third-order valence-corrected chi connectivity index (χ3v) is 1.36. The van der Waals surface area contributed by atoms with E-state index in [4.69, 9.17) is 15.0 Å². The van der Waals surface area contributed by atoms with Crippen LogP contribution in [-0.4, -0.2) is 42.5 Å². The molecule has 2 aromatic rings. The Kier molecular flexibility index (Phi) is 20.2. The van der Waals surface area contributed by atoms with E-state index in [0.717, 1.165) is 0 Å². The second-order valence-corrected chi connectivity index (χ2v) is 2.52. The zero-order valence-electron chi connectivity index (χ0n) is 10.3. The molecule has 0 spiro atoms. The standard InChI is InChI=1S/C8H7N5.CH2O3.Cu.3H2O/c1-3-9-7(10-4-1)13-8-11-5-2-6-12-8;2-1(3)4;;;;/h1-6H,(H,9,10,11,12,13);(H2,2,3,4);;3*1H2/q;;+2;;;/p-2. The smallest absolute Gasteiger partial charge is 0.652 e. The second-order valence-electron chi connectivity index (χ2n) is 2.52. The Morgan fingerprint density at radius 3 is 1.29 bits per heavy atom. The molecule has 0 aliphatic carbocycles. The van der Waals surface area contributed by atoms with Crippen LogP contribution in [0, 0.1) is 0 Å². The van der Waals surface area contributed by atoms with Crippen molar-refractivity contribution in [3.05, 3.63) is 36.9 Å². The van der Waals surface area contributed by atoms with E-state index in [1.165, 1.54) is 0 Å². The molecule has 12 heteroatoms. The molecule has 1 radical (unpaired) electrons. The van der Waals surface area contributed by atoms with Gasteiger partial charge in [-0.1, -0.05) is 0 Å². The van der Waals surface area contributed by atoms with E-state index in [-0.39, 0.29) is 33.5 Å². The van der Waals surface area contributed by atoms with Gasteiger partial charge in [0.1, 0.15) is 0 Å². The molecule has 0 aliphatic heterocycles. The molecular weight excluding hydrogens is 338 g/mol. The van der Waals surface area contributed by atoms with Gasteiger partial charge in [0.15, 0.2) is 0 Å². The number of carboxylic acid groups (broad SMARTS) is 2. The van der Waals surface area contributed by atoms with Crippen LogP contribution in [-0.2, 0) is 17.1 Å². The second kappa shape index (κ2) is 15.7. The summed E-state index contributed by atoms with van der Waals surface area (Å²) < 4.78 is 0. The van der Waals surface area contributed by atoms with Crippen LogP contribution in [0.1, 0.15) is 0 Å². The molecule has 0 atom stereocenters. The van der Waals surface area contributed by atoms with Crippen molar-refractivity contribution in [1.29, 1.82) is 0 Å². The Labute approximate surface area is 129 Å². The quantitative estimate of drug-likeness (QED) is 0.525. The van der Waals surface area contributed by atoms with E-state index >= 15 is 0 Å². The minimum atomic E-state index is -2.33. The Morgan fingerprint density at radius 1 is 0.810 bits per heavy atom. The molecule has 0 amide bonds. The van der Waals surface area contributed by atoms with Gasteiger partial charge in [0.05, 0.1) is 0 Å². The van der Waals surface area contributed by atoms with Crippen molar-refractivity contribution in [2.45, 2.75) is 0 Å². The van der Waals surface area contributed by atoms with Gasteiger partial charge in [0, 0.05) is 24.8 Å². The number of carbonyl (C=O) groups is 1. The summed E-state index contributed by atoms with van der Waals surface area (Å²) in [5.41, 5.74) is 0. The van der Waals surface area contributed by atoms with E-state index in [1.807, 2.05) is 0 Å². The van der Waals surface area contributed by atoms with Crippen LogP contribution in [0.25, 0.3) is 0 Å². The van der Waals surface area contributed by atoms with Crippen LogP contribution in [0.2, 0.25) is 0 Å². The van der Waals surface area contributed by atoms with Gasteiger partial charge in [-0.05, 0) is 18.3 Å². The molecule has 11 nitrogen and oxygen atoms in total. The molecule has 0 aliphatic rings. The Balaban J connectivity index is -0.000000164. The largest absolute Gasteiger partial charge is 2.00 e. The summed E-state index contributed by atoms with van der Waals surface area (Å²) in [7, 11) is 0. The molecule has 7 N–H and O–H groups in total. The fourth-order valence-corrected chi connectivity index (χ4v) is 0.827. The monoisotopic (exact) mass is 350 g/mol. The van der Waals surface area contributed by atoms with Crippen LogP contribution in [0.5, 0.6) is 0 Å². The molecule has 21 heavy (non-hydrogen) atoms. The first-order chi connectivity index (χ1) is 8.18. The van der Waals surface area contributed by atoms with E-state index < -0.39 is 6.16 Å². The number of hydrogen-bond donors (Lipinski definition) is 1. The van der Waals surface area contributed by atoms with E-state index in [0.29, 0.717) is 11.9 Å². The average molecular weight is 351 g/mol. The zero-order valence-corrected chi connectivity index (χ0v) is 11.2. The summed E-state index contributed by atoms with van der Waals surface area (Å²) in [6.07, 6.45) is 4.27. The summed E-state index contributed by atoms with van der Waals surface area (Å²) in [6, 6.07) is 3.49. The van der Waals surface area contributed by atoms with Crippen LogP contribution >= 0.6 is 0 Å². The normalized spacial score (nSPS) is 7.05. The van der Waals surface area contributed by atoms with Gasteiger partial charge in [-0.3, -0.25) is 5.32 Å². The van der Waals surface area contributed by atoms with Crippen molar-refractivity contribution in [3.63, 3.8) is 0 Å². The third kappa shape index (κ3) is 13.9. The number of nitrogens with one attached hydrogen (secondary N) is 1. The van der Waals surface area contributed by atoms with Crippen molar-refractivity contribution < 1.29 is 48.5 Å². The summed E-state index contributed by atoms with van der Waals surface area (Å²) in [5, 5.41) is 19.5. The van der Waals surface area contributed by atoms with Gasteiger partial charge in [0.2, 0.25) is 11.9 Å². The van der Waals surface area contributed by atoms with Crippen molar-refractivity contribution in [2.75, 3.05) is 5.32 Å². The molecule has 2 rings (SSSR count). The minimum absolute atomic E-state index is 0. The molecule has 2 heterocycles. The van der Waals surface area contributed by atoms with Gasteiger partial charge in [0.25, 0.3) is 0 Å². The Bertz CT molecular complexity index is 421. The SMILES string of the molecule is O.O.O.O=C([O-])[O-].[Cu+2].c1cnc(Nc2ncccn2)nc1. The predicted octanol–water partition coefficient (Wildman–Crippen LogP) is -3.91. The topological polar surface area (TPSA) is 221 Å². The van der Waals surface area contributed by atoms with Gasteiger partial charge in [-0.25, -0.2) is 19.9 Å². The van der Waals surface area contributed by atoms with Crippen molar-refractivity contribution in [3.8, 4) is 0 Å². The predicted molar refractivity (Wildman–Crippen MR) is 63.6 cm³/mol. The van der Waals surface area contributed by atoms with E-state index in [1.54, 1.807) is 36.9 Å². The summed E-state index contributed by atoms with van der Waals surface area (Å²) in [5.74, 6) is 0.988. The molecule has 0 bridgehead atoms. The first-order valence-corrected chi connectivity index (χ1v) is 4.37. The number of carbonyl (C=O) groups excluding carboxylic acids is 1. The molecule has 2 aromatic heterocycles. The summed E-state index contributed by atoms with van der Waals surface area (Å²) >= 11 is 0. The van der Waals surface area contributed by atoms with Gasteiger partial charge >= 0.3 is 17.1 Å². The van der Waals surface area contributed by atoms with Gasteiger partial charge < -0.3 is 31.4 Å². The molecule has 0 aromatic carbocycles. The first-order valence-electron chi connectivity index (χ1n) is 4.37. The van der Waals surface area contributed by atoms with Crippen molar-refractivity contribution in [1.82, 2.24) is 19.9 Å². The van der Waals surface area contributed by atoms with E-state index in [2.05, 4.69) is 25.3 Å². The summed E-state index contributed by atoms with van der Waals surface area (Å²) in [6.45, 7) is 0. The first kappa shape index (κ1) is 27.1. The maximum Gasteiger partial charge on any atom is 2.00 e. The Hall–Kier alpha value is -2.37. The molecule has 0 unspecified atom stereocenters. The number of aromatic nitrogens is 4. The van der Waals surface area contributed by atoms with Crippen LogP contribution < -0.4 is 15.5 Å². The fourth-order valence-electron chi connectivity index (χ4n) is 0.827. The van der Waals surface area contributed by atoms with Gasteiger partial charge in [-0.15, -0.1) is 0 Å². The minimum Gasteiger partial charge on any atom is -0.652 e. The number of anilines is 2. The zero-order chi connectivity index (χ0) is 12.5. The van der Waals surface area contributed by atoms with Crippen LogP contribution in [0.3, 0.4) is 0 Å². The number of nitrogens with zero attached hydrogens (tertiary/aromatic N) is 4. The van der Waals surface area contributed by atoms with Crippen molar-refractivity contribution in [2.24, 2.45) is 0 Å². The van der Waals surface area contributed by atoms with E-state index in [9.17, 15) is 0 Å². The van der Waals surface area contributed by atoms with Crippen LogP contribution in [0.4, 0.5) is 16.7 Å². The number of rotatable bonds is 2. The summed E-state index contributed by atoms with van der Waals surface area (Å²) in [4.78, 5) is 24.2.